The zero-order valence-corrected chi connectivity index (χ0v) is 31.6. The Kier molecular flexibility index (Phi) is 10.3. The van der Waals surface area contributed by atoms with Gasteiger partial charge >= 0.3 is 5.97 Å². The molecular formula is C39H49N3O7S2. The fourth-order valence-corrected chi connectivity index (χ4v) is 10.9. The molecule has 12 heteroatoms. The molecular weight excluding hydrogens is 687 g/mol. The average molecular weight is 736 g/mol. The molecule has 0 radical (unpaired) electrons. The van der Waals surface area contributed by atoms with Crippen LogP contribution in [0.15, 0.2) is 81.6 Å². The Bertz CT molecular complexity index is 1900. The van der Waals surface area contributed by atoms with Crippen molar-refractivity contribution in [3.63, 3.8) is 0 Å². The van der Waals surface area contributed by atoms with Crippen LogP contribution in [-0.4, -0.2) is 48.4 Å². The lowest BCUT2D eigenvalue weighted by Gasteiger charge is -2.61. The number of carbonyl (C=O) groups is 2. The molecule has 3 fully saturated rings. The third-order valence-corrected chi connectivity index (χ3v) is 14.7. The van der Waals surface area contributed by atoms with E-state index in [0.717, 1.165) is 35.4 Å². The normalized spacial score (nSPS) is 32.0. The topological polar surface area (TPSA) is 148 Å². The number of aliphatic hydroxyl groups is 1. The number of nitrogens with one attached hydrogen (secondary N) is 2. The number of nitrogens with zero attached hydrogens (tertiary/aromatic N) is 1. The molecule has 0 amide bonds. The first kappa shape index (κ1) is 37.2. The minimum absolute atomic E-state index is 0.0779. The average Bonchev–Trinajstić information content (AvgIpc) is 3.69. The SMILES string of the molecule is C=C[C@]1(C)C[C@@H](OC(=O)CSc2cccc(CNc3ccc(S(=O)(=O)Nc4cc(C)on4)cc3)c2)[C@]2(C)[C@H](C)CC[C@]3(CCC(=O)[C@H]32)[C@@H](C)[C@@H]1O. The van der Waals surface area contributed by atoms with Gasteiger partial charge in [0.2, 0.25) is 0 Å². The van der Waals surface area contributed by atoms with Gasteiger partial charge in [0.25, 0.3) is 10.0 Å². The summed E-state index contributed by atoms with van der Waals surface area (Å²) in [6, 6.07) is 15.8. The van der Waals surface area contributed by atoms with E-state index in [-0.39, 0.29) is 51.4 Å². The van der Waals surface area contributed by atoms with Crippen LogP contribution in [0.1, 0.15) is 71.1 Å². The van der Waals surface area contributed by atoms with E-state index in [9.17, 15) is 23.1 Å². The highest BCUT2D eigenvalue weighted by atomic mass is 32.2. The van der Waals surface area contributed by atoms with Crippen molar-refractivity contribution in [1.29, 1.82) is 0 Å². The Morgan fingerprint density at radius 1 is 1.16 bits per heavy atom. The molecule has 3 aliphatic carbocycles. The Morgan fingerprint density at radius 2 is 1.90 bits per heavy atom. The van der Waals surface area contributed by atoms with Gasteiger partial charge in [-0.2, -0.15) is 0 Å². The lowest BCUT2D eigenvalue weighted by molar-refractivity contribution is -0.205. The molecule has 51 heavy (non-hydrogen) atoms. The number of anilines is 2. The van der Waals surface area contributed by atoms with E-state index < -0.39 is 33.1 Å². The highest BCUT2D eigenvalue weighted by molar-refractivity contribution is 8.00. The molecule has 1 heterocycles. The van der Waals surface area contributed by atoms with E-state index in [0.29, 0.717) is 25.1 Å². The van der Waals surface area contributed by atoms with E-state index in [1.165, 1.54) is 30.0 Å². The molecule has 2 aromatic carbocycles. The molecule has 274 valence electrons. The van der Waals surface area contributed by atoms with Crippen LogP contribution in [-0.2, 0) is 30.9 Å². The van der Waals surface area contributed by atoms with Crippen LogP contribution in [0.3, 0.4) is 0 Å². The Morgan fingerprint density at radius 3 is 2.59 bits per heavy atom. The van der Waals surface area contributed by atoms with Crippen LogP contribution >= 0.6 is 11.8 Å². The van der Waals surface area contributed by atoms with Gasteiger partial charge in [-0.15, -0.1) is 18.3 Å². The number of aryl methyl sites for hydroxylation is 1. The van der Waals surface area contributed by atoms with Gasteiger partial charge in [0.1, 0.15) is 17.6 Å². The maximum Gasteiger partial charge on any atom is 0.316 e. The molecule has 3 saturated carbocycles. The van der Waals surface area contributed by atoms with Gasteiger partial charge in [-0.25, -0.2) is 8.42 Å². The summed E-state index contributed by atoms with van der Waals surface area (Å²) < 4.78 is 39.2. The molecule has 3 aliphatic rings. The standard InChI is InChI=1S/C39H49N3O7S2/c1-7-37(5)21-32(38(6)24(2)15-17-39(26(4)36(37)45)18-16-31(43)35(38)39)48-34(44)23-50-29-10-8-9-27(20-29)22-40-28-11-13-30(14-12-28)51(46,47)42-33-19-25(3)49-41-33/h7-14,19-20,24,26,32,35-36,40,45H,1,15-18,21-23H2,2-6H3,(H,41,42)/t24-,26+,32-,35+,36+,37-,38+,39+/m1/s1. The summed E-state index contributed by atoms with van der Waals surface area (Å²) in [5, 5.41) is 18.8. The van der Waals surface area contributed by atoms with Gasteiger partial charge in [-0.3, -0.25) is 14.3 Å². The second-order valence-electron chi connectivity index (χ2n) is 15.3. The first-order valence-electron chi connectivity index (χ1n) is 17.7. The zero-order chi connectivity index (χ0) is 36.8. The lowest BCUT2D eigenvalue weighted by Crippen LogP contribution is -2.63. The Labute approximate surface area is 305 Å². The van der Waals surface area contributed by atoms with Crippen molar-refractivity contribution in [2.45, 2.75) is 95.3 Å². The maximum absolute atomic E-state index is 13.7. The minimum atomic E-state index is -3.82. The summed E-state index contributed by atoms with van der Waals surface area (Å²) in [7, 11) is -3.82. The highest BCUT2D eigenvalue weighted by Crippen LogP contribution is 2.68. The fourth-order valence-electron chi connectivity index (χ4n) is 9.15. The first-order valence-corrected chi connectivity index (χ1v) is 20.1. The lowest BCUT2D eigenvalue weighted by atomic mass is 9.44. The number of esters is 1. The van der Waals surface area contributed by atoms with Gasteiger partial charge in [-0.05, 0) is 91.8 Å². The number of ketones is 1. The summed E-state index contributed by atoms with van der Waals surface area (Å²) in [6.45, 7) is 14.7. The molecule has 2 bridgehead atoms. The van der Waals surface area contributed by atoms with Crippen LogP contribution in [0.5, 0.6) is 0 Å². The summed E-state index contributed by atoms with van der Waals surface area (Å²) in [6.07, 6.45) is 4.06. The maximum atomic E-state index is 13.7. The summed E-state index contributed by atoms with van der Waals surface area (Å²) in [5.74, 6) is 0.445. The number of Topliss-reactive ketones (excluding diaryl/α,β-unsaturated/α-hetero) is 1. The first-order chi connectivity index (χ1) is 24.1. The van der Waals surface area contributed by atoms with E-state index in [1.807, 2.05) is 37.3 Å². The van der Waals surface area contributed by atoms with Crippen LogP contribution in [0, 0.1) is 40.9 Å². The van der Waals surface area contributed by atoms with Crippen molar-refractivity contribution in [3.05, 3.63) is 78.6 Å². The zero-order valence-electron chi connectivity index (χ0n) is 30.0. The number of sulfonamides is 1. The molecule has 8 atom stereocenters. The van der Waals surface area contributed by atoms with Crippen molar-refractivity contribution in [1.82, 2.24) is 5.16 Å². The number of aliphatic hydroxyl groups excluding tert-OH is 1. The molecule has 0 saturated heterocycles. The van der Waals surface area contributed by atoms with Crippen molar-refractivity contribution in [3.8, 4) is 0 Å². The van der Waals surface area contributed by atoms with E-state index in [2.05, 4.69) is 42.5 Å². The van der Waals surface area contributed by atoms with Crippen LogP contribution in [0.25, 0.3) is 0 Å². The third kappa shape index (κ3) is 6.99. The number of rotatable bonds is 11. The van der Waals surface area contributed by atoms with Gasteiger partial charge in [-0.1, -0.05) is 51.1 Å². The fraction of sp³-hybridized carbons (Fsp3) is 0.513. The number of thioether (sulfide) groups is 1. The molecule has 10 nitrogen and oxygen atoms in total. The number of carbonyl (C=O) groups excluding carboxylic acids is 2. The Balaban J connectivity index is 1.10. The molecule has 3 aromatic rings. The predicted molar refractivity (Wildman–Crippen MR) is 198 cm³/mol. The monoisotopic (exact) mass is 735 g/mol. The van der Waals surface area contributed by atoms with Crippen LogP contribution in [0.2, 0.25) is 0 Å². The highest BCUT2D eigenvalue weighted by Gasteiger charge is 2.68. The quantitative estimate of drug-likeness (QED) is 0.103. The van der Waals surface area contributed by atoms with Crippen LogP contribution < -0.4 is 10.0 Å². The molecule has 0 spiro atoms. The minimum Gasteiger partial charge on any atom is -0.461 e. The van der Waals surface area contributed by atoms with E-state index >= 15 is 0 Å². The smallest absolute Gasteiger partial charge is 0.316 e. The predicted octanol–water partition coefficient (Wildman–Crippen LogP) is 7.39. The van der Waals surface area contributed by atoms with E-state index in [1.54, 1.807) is 19.1 Å². The molecule has 1 aromatic heterocycles. The number of benzene rings is 2. The molecule has 3 N–H and O–H groups in total. The van der Waals surface area contributed by atoms with Gasteiger partial charge in [0, 0.05) is 46.4 Å². The number of aromatic nitrogens is 1. The van der Waals surface area contributed by atoms with Crippen molar-refractivity contribution >= 4 is 45.0 Å². The second kappa shape index (κ2) is 14.1. The third-order valence-electron chi connectivity index (χ3n) is 12.4. The van der Waals surface area contributed by atoms with Crippen molar-refractivity contribution in [2.24, 2.45) is 34.0 Å². The largest absolute Gasteiger partial charge is 0.461 e. The molecule has 6 rings (SSSR count). The summed E-state index contributed by atoms with van der Waals surface area (Å²) in [4.78, 5) is 28.3. The molecule has 0 aliphatic heterocycles. The van der Waals surface area contributed by atoms with Gasteiger partial charge in [0.15, 0.2) is 5.82 Å². The van der Waals surface area contributed by atoms with Crippen molar-refractivity contribution < 1.29 is 32.4 Å². The van der Waals surface area contributed by atoms with Gasteiger partial charge < -0.3 is 19.7 Å². The molecule has 0 unspecified atom stereocenters. The van der Waals surface area contributed by atoms with Gasteiger partial charge in [0.05, 0.1) is 16.8 Å². The van der Waals surface area contributed by atoms with Crippen molar-refractivity contribution in [2.75, 3.05) is 15.8 Å². The summed E-state index contributed by atoms with van der Waals surface area (Å²) >= 11 is 1.39. The second-order valence-corrected chi connectivity index (χ2v) is 18.0. The summed E-state index contributed by atoms with van der Waals surface area (Å²) in [5.41, 5.74) is 0.186. The van der Waals surface area contributed by atoms with Crippen LogP contribution in [0.4, 0.5) is 11.5 Å². The Hall–Kier alpha value is -3.61. The van der Waals surface area contributed by atoms with E-state index in [4.69, 9.17) is 9.26 Å². The number of hydrogen-bond acceptors (Lipinski definition) is 10. The number of ether oxygens (including phenoxy) is 1. The number of hydrogen-bond donors (Lipinski definition) is 3.